The lowest BCUT2D eigenvalue weighted by atomic mass is 9.98. The maximum Gasteiger partial charge on any atom is 0.319 e. The Morgan fingerprint density at radius 1 is 0.966 bits per heavy atom. The summed E-state index contributed by atoms with van der Waals surface area (Å²) in [4.78, 5) is 11.6. The fourth-order valence-electron chi connectivity index (χ4n) is 3.37. The molecule has 0 bridgehead atoms. The lowest BCUT2D eigenvalue weighted by Crippen LogP contribution is -2.00. The van der Waals surface area contributed by atoms with E-state index in [-0.39, 0.29) is 35.2 Å². The van der Waals surface area contributed by atoms with Gasteiger partial charge in [-0.1, -0.05) is 25.0 Å². The predicted octanol–water partition coefficient (Wildman–Crippen LogP) is 3.79. The van der Waals surface area contributed by atoms with E-state index in [9.17, 15) is 20.1 Å². The number of phenolic OH excluding ortho intramolecular Hbond substituents is 2. The van der Waals surface area contributed by atoms with Crippen LogP contribution in [0.1, 0.15) is 37.0 Å². The molecule has 0 aliphatic heterocycles. The first-order valence-electron chi connectivity index (χ1n) is 9.10. The van der Waals surface area contributed by atoms with Gasteiger partial charge >= 0.3 is 6.01 Å². The van der Waals surface area contributed by atoms with Crippen LogP contribution in [0.4, 0.5) is 0 Å². The number of aromatic hydroxyl groups is 3. The molecule has 0 unspecified atom stereocenters. The lowest BCUT2D eigenvalue weighted by Gasteiger charge is -2.13. The summed E-state index contributed by atoms with van der Waals surface area (Å²) in [5, 5.41) is 40.3. The fourth-order valence-corrected chi connectivity index (χ4v) is 3.37. The fraction of sp³-hybridized carbons (Fsp3) is 0.190. The molecule has 0 radical (unpaired) electrons. The molecule has 0 amide bonds. The zero-order valence-corrected chi connectivity index (χ0v) is 16.2. The molecule has 29 heavy (non-hydrogen) atoms. The number of hydrogen-bond acceptors (Lipinski definition) is 6. The summed E-state index contributed by atoms with van der Waals surface area (Å²) < 4.78 is 2.89. The number of aromatic nitrogens is 4. The van der Waals surface area contributed by atoms with Crippen molar-refractivity contribution in [3.63, 3.8) is 0 Å². The summed E-state index contributed by atoms with van der Waals surface area (Å²) >= 11 is 0. The highest BCUT2D eigenvalue weighted by Gasteiger charge is 2.21. The third-order valence-electron chi connectivity index (χ3n) is 4.90. The van der Waals surface area contributed by atoms with Crippen LogP contribution < -0.4 is 0 Å². The van der Waals surface area contributed by atoms with Crippen LogP contribution in [0.2, 0.25) is 0 Å². The van der Waals surface area contributed by atoms with E-state index < -0.39 is 0 Å². The summed E-state index contributed by atoms with van der Waals surface area (Å²) in [6, 6.07) is 7.94. The molecule has 0 atom stereocenters. The largest absolute Gasteiger partial charge is 0.508 e. The second-order valence-electron chi connectivity index (χ2n) is 7.24. The number of rotatable bonds is 3. The molecule has 8 nitrogen and oxygen atoms in total. The van der Waals surface area contributed by atoms with Crippen molar-refractivity contribution in [2.45, 2.75) is 26.7 Å². The van der Waals surface area contributed by atoms with E-state index in [1.807, 2.05) is 19.9 Å². The normalized spacial score (nSPS) is 11.4. The number of benzene rings is 2. The maximum absolute atomic E-state index is 11.6. The first-order chi connectivity index (χ1) is 13.8. The second kappa shape index (κ2) is 6.66. The Kier molecular flexibility index (Phi) is 4.26. The second-order valence-corrected chi connectivity index (χ2v) is 7.24. The topological polar surface area (TPSA) is 113 Å². The van der Waals surface area contributed by atoms with Crippen molar-refractivity contribution >= 4 is 16.7 Å². The summed E-state index contributed by atoms with van der Waals surface area (Å²) in [7, 11) is 0. The van der Waals surface area contributed by atoms with Crippen LogP contribution in [0.3, 0.4) is 0 Å². The van der Waals surface area contributed by atoms with E-state index in [1.165, 1.54) is 22.1 Å². The number of fused-ring (bicyclic) bond motifs is 1. The Morgan fingerprint density at radius 2 is 1.69 bits per heavy atom. The van der Waals surface area contributed by atoms with Gasteiger partial charge in [0.1, 0.15) is 11.5 Å². The van der Waals surface area contributed by atoms with Crippen LogP contribution in [-0.2, 0) is 0 Å². The molecule has 0 saturated carbocycles. The summed E-state index contributed by atoms with van der Waals surface area (Å²) in [6.45, 7) is 5.32. The summed E-state index contributed by atoms with van der Waals surface area (Å²) in [6.07, 6.45) is 3.44. The molecule has 0 aliphatic rings. The van der Waals surface area contributed by atoms with Gasteiger partial charge in [-0.15, -0.1) is 5.10 Å². The first kappa shape index (κ1) is 18.5. The molecule has 2 heterocycles. The molecule has 0 saturated heterocycles. The van der Waals surface area contributed by atoms with Gasteiger partial charge in [0.2, 0.25) is 5.91 Å². The molecule has 0 aliphatic carbocycles. The average Bonchev–Trinajstić information content (AvgIpc) is 3.24. The Morgan fingerprint density at radius 3 is 2.38 bits per heavy atom. The summed E-state index contributed by atoms with van der Waals surface area (Å²) in [5.74, 6) is -0.0482. The Labute approximate surface area is 166 Å². The summed E-state index contributed by atoms with van der Waals surface area (Å²) in [5.41, 5.74) is 1.54. The number of hydrogen-bond donors (Lipinski definition) is 3. The van der Waals surface area contributed by atoms with Gasteiger partial charge in [0.05, 0.1) is 11.3 Å². The lowest BCUT2D eigenvalue weighted by molar-refractivity contribution is 0.0937. The highest BCUT2D eigenvalue weighted by molar-refractivity contribution is 5.89. The van der Waals surface area contributed by atoms with Gasteiger partial charge in [0.15, 0.2) is 5.82 Å². The van der Waals surface area contributed by atoms with E-state index in [0.29, 0.717) is 16.8 Å². The van der Waals surface area contributed by atoms with E-state index >= 15 is 0 Å². The first-order valence-corrected chi connectivity index (χ1v) is 9.10. The van der Waals surface area contributed by atoms with Gasteiger partial charge in [-0.05, 0) is 35.1 Å². The third kappa shape index (κ3) is 3.08. The van der Waals surface area contributed by atoms with Gasteiger partial charge in [0, 0.05) is 30.8 Å². The number of phenols is 2. The molecule has 4 aromatic rings. The molecule has 2 aromatic heterocycles. The quantitative estimate of drug-likeness (QED) is 0.489. The maximum atomic E-state index is 11.6. The Hall–Kier alpha value is -3.81. The van der Waals surface area contributed by atoms with Crippen molar-refractivity contribution in [2.75, 3.05) is 0 Å². The van der Waals surface area contributed by atoms with Crippen LogP contribution in [0, 0.1) is 0 Å². The molecule has 8 heteroatoms. The number of carbonyl (C=O) groups is 1. The van der Waals surface area contributed by atoms with Crippen molar-refractivity contribution < 1.29 is 20.1 Å². The van der Waals surface area contributed by atoms with Gasteiger partial charge in [-0.2, -0.15) is 0 Å². The van der Waals surface area contributed by atoms with Crippen LogP contribution >= 0.6 is 0 Å². The van der Waals surface area contributed by atoms with Gasteiger partial charge < -0.3 is 15.3 Å². The zero-order valence-electron chi connectivity index (χ0n) is 16.2. The molecule has 4 rings (SSSR count). The minimum Gasteiger partial charge on any atom is -0.508 e. The van der Waals surface area contributed by atoms with Gasteiger partial charge in [0.25, 0.3) is 0 Å². The van der Waals surface area contributed by atoms with E-state index in [2.05, 4.69) is 10.2 Å². The van der Waals surface area contributed by atoms with E-state index in [4.69, 9.17) is 0 Å². The van der Waals surface area contributed by atoms with Crippen LogP contribution in [0.15, 0.2) is 42.7 Å². The smallest absolute Gasteiger partial charge is 0.319 e. The van der Waals surface area contributed by atoms with Crippen LogP contribution in [0.5, 0.6) is 17.5 Å². The SMILES string of the molecule is CC(=O)n1cc2ccc(-n3c(O)nnc3-c3cc(C(C)C)c(O)cc3O)cc2c1. The Bertz CT molecular complexity index is 1250. The van der Waals surface area contributed by atoms with Crippen molar-refractivity contribution in [1.82, 2.24) is 19.3 Å². The monoisotopic (exact) mass is 392 g/mol. The number of nitrogens with zero attached hydrogens (tertiary/aromatic N) is 4. The zero-order chi connectivity index (χ0) is 20.9. The molecule has 148 valence electrons. The van der Waals surface area contributed by atoms with Crippen molar-refractivity contribution in [1.29, 1.82) is 0 Å². The molecular weight excluding hydrogens is 372 g/mol. The molecule has 0 spiro atoms. The molecule has 0 fully saturated rings. The highest BCUT2D eigenvalue weighted by Crippen LogP contribution is 2.39. The Balaban J connectivity index is 1.90. The molecule has 2 aromatic carbocycles. The standard InChI is InChI=1S/C21H20N4O4/c1-11(2)16-7-17(19(28)8-18(16)27)20-22-23-21(29)25(20)15-5-4-13-9-24(12(3)26)10-14(13)6-15/h4-11,27-28H,1-3H3,(H,23,29). The number of carbonyl (C=O) groups excluding carboxylic acids is 1. The van der Waals surface area contributed by atoms with E-state index in [0.717, 1.165) is 10.8 Å². The minimum absolute atomic E-state index is 0.0106. The van der Waals surface area contributed by atoms with Gasteiger partial charge in [-0.25, -0.2) is 4.57 Å². The van der Waals surface area contributed by atoms with Crippen molar-refractivity contribution in [2.24, 2.45) is 0 Å². The molecular formula is C21H20N4O4. The van der Waals surface area contributed by atoms with Crippen molar-refractivity contribution in [3.8, 4) is 34.6 Å². The highest BCUT2D eigenvalue weighted by atomic mass is 16.3. The molecule has 3 N–H and O–H groups in total. The van der Waals surface area contributed by atoms with Gasteiger partial charge in [-0.3, -0.25) is 9.36 Å². The van der Waals surface area contributed by atoms with Crippen molar-refractivity contribution in [3.05, 3.63) is 48.3 Å². The predicted molar refractivity (Wildman–Crippen MR) is 108 cm³/mol. The third-order valence-corrected chi connectivity index (χ3v) is 4.90. The average molecular weight is 392 g/mol. The van der Waals surface area contributed by atoms with E-state index in [1.54, 1.807) is 30.6 Å². The minimum atomic E-state index is -0.344. The van der Waals surface area contributed by atoms with Crippen LogP contribution in [-0.4, -0.2) is 40.6 Å². The van der Waals surface area contributed by atoms with Crippen LogP contribution in [0.25, 0.3) is 27.8 Å².